The van der Waals surface area contributed by atoms with Crippen LogP contribution < -0.4 is 0 Å². The van der Waals surface area contributed by atoms with Gasteiger partial charge in [0.05, 0.1) is 6.61 Å². The first-order valence-corrected chi connectivity index (χ1v) is 5.28. The molecule has 0 heterocycles. The predicted molar refractivity (Wildman–Crippen MR) is 58.6 cm³/mol. The lowest BCUT2D eigenvalue weighted by molar-refractivity contribution is 0.296. The summed E-state index contributed by atoms with van der Waals surface area (Å²) in [5.74, 6) is -0.456. The van der Waals surface area contributed by atoms with Crippen LogP contribution >= 0.6 is 11.6 Å². The van der Waals surface area contributed by atoms with Crippen LogP contribution in [0.5, 0.6) is 0 Å². The SMILES string of the molecule is OC/C(F)=C\C1(c2ccc(Cl)cc2)CC1. The van der Waals surface area contributed by atoms with E-state index < -0.39 is 12.4 Å². The number of aliphatic hydroxyl groups is 1. The summed E-state index contributed by atoms with van der Waals surface area (Å²) in [5, 5.41) is 9.33. The van der Waals surface area contributed by atoms with E-state index in [0.717, 1.165) is 18.4 Å². The van der Waals surface area contributed by atoms with Gasteiger partial charge in [0.15, 0.2) is 0 Å². The van der Waals surface area contributed by atoms with Crippen LogP contribution in [-0.2, 0) is 5.41 Å². The van der Waals surface area contributed by atoms with E-state index in [4.69, 9.17) is 16.7 Å². The second kappa shape index (κ2) is 3.95. The van der Waals surface area contributed by atoms with Gasteiger partial charge in [0.2, 0.25) is 0 Å². The van der Waals surface area contributed by atoms with Crippen molar-refractivity contribution in [2.24, 2.45) is 0 Å². The Balaban J connectivity index is 2.27. The zero-order valence-electron chi connectivity index (χ0n) is 8.21. The van der Waals surface area contributed by atoms with Gasteiger partial charge in [0, 0.05) is 10.4 Å². The quantitative estimate of drug-likeness (QED) is 0.839. The van der Waals surface area contributed by atoms with Crippen molar-refractivity contribution in [2.75, 3.05) is 6.61 Å². The highest BCUT2D eigenvalue weighted by Crippen LogP contribution is 2.50. The minimum Gasteiger partial charge on any atom is -0.389 e. The van der Waals surface area contributed by atoms with E-state index in [1.165, 1.54) is 6.08 Å². The van der Waals surface area contributed by atoms with E-state index in [2.05, 4.69) is 0 Å². The Kier molecular flexibility index (Phi) is 2.81. The third-order valence-electron chi connectivity index (χ3n) is 2.79. The standard InChI is InChI=1S/C12H12ClFO/c13-10-3-1-9(2-4-10)12(5-6-12)7-11(14)8-15/h1-4,7,15H,5-6,8H2/b11-7+. The molecule has 0 unspecified atom stereocenters. The fraction of sp³-hybridized carbons (Fsp3) is 0.333. The van der Waals surface area contributed by atoms with Crippen molar-refractivity contribution >= 4 is 11.6 Å². The molecule has 0 atom stereocenters. The van der Waals surface area contributed by atoms with E-state index in [1.807, 2.05) is 24.3 Å². The van der Waals surface area contributed by atoms with Gasteiger partial charge in [-0.2, -0.15) is 0 Å². The highest BCUT2D eigenvalue weighted by molar-refractivity contribution is 6.30. The molecule has 2 rings (SSSR count). The topological polar surface area (TPSA) is 20.2 Å². The van der Waals surface area contributed by atoms with Crippen LogP contribution in [-0.4, -0.2) is 11.7 Å². The van der Waals surface area contributed by atoms with Crippen LogP contribution in [0, 0.1) is 0 Å². The van der Waals surface area contributed by atoms with Crippen LogP contribution in [0.4, 0.5) is 4.39 Å². The van der Waals surface area contributed by atoms with Crippen LogP contribution in [0.2, 0.25) is 5.02 Å². The highest BCUT2D eigenvalue weighted by atomic mass is 35.5. The van der Waals surface area contributed by atoms with Crippen molar-refractivity contribution in [1.29, 1.82) is 0 Å². The van der Waals surface area contributed by atoms with E-state index in [-0.39, 0.29) is 5.41 Å². The molecule has 3 heteroatoms. The first kappa shape index (κ1) is 10.7. The zero-order valence-corrected chi connectivity index (χ0v) is 8.97. The predicted octanol–water partition coefficient (Wildman–Crippen LogP) is 3.22. The Morgan fingerprint density at radius 1 is 1.40 bits per heavy atom. The molecule has 1 aromatic rings. The lowest BCUT2D eigenvalue weighted by Gasteiger charge is -2.10. The van der Waals surface area contributed by atoms with Crippen LogP contribution in [0.15, 0.2) is 36.2 Å². The molecule has 1 aromatic carbocycles. The lowest BCUT2D eigenvalue weighted by atomic mass is 9.95. The summed E-state index contributed by atoms with van der Waals surface area (Å²) in [7, 11) is 0. The van der Waals surface area contributed by atoms with E-state index in [1.54, 1.807) is 0 Å². The van der Waals surface area contributed by atoms with Crippen LogP contribution in [0.3, 0.4) is 0 Å². The van der Waals surface area contributed by atoms with Crippen molar-refractivity contribution in [3.05, 3.63) is 46.8 Å². The summed E-state index contributed by atoms with van der Waals surface area (Å²) in [6.45, 7) is -0.519. The molecule has 0 saturated heterocycles. The Hall–Kier alpha value is -0.860. The summed E-state index contributed by atoms with van der Waals surface area (Å²) in [6, 6.07) is 7.44. The maximum atomic E-state index is 13.0. The average Bonchev–Trinajstić information content (AvgIpc) is 3.00. The summed E-state index contributed by atoms with van der Waals surface area (Å²) in [5.41, 5.74) is 0.868. The lowest BCUT2D eigenvalue weighted by Crippen LogP contribution is -2.03. The first-order chi connectivity index (χ1) is 7.16. The van der Waals surface area contributed by atoms with Crippen molar-refractivity contribution in [3.8, 4) is 0 Å². The molecule has 0 radical (unpaired) electrons. The molecule has 1 nitrogen and oxygen atoms in total. The molecule has 1 aliphatic carbocycles. The first-order valence-electron chi connectivity index (χ1n) is 4.90. The Labute approximate surface area is 93.2 Å². The van der Waals surface area contributed by atoms with E-state index >= 15 is 0 Å². The molecule has 1 N–H and O–H groups in total. The van der Waals surface area contributed by atoms with Gasteiger partial charge in [0.1, 0.15) is 5.83 Å². The molecule has 0 spiro atoms. The van der Waals surface area contributed by atoms with Gasteiger partial charge in [-0.15, -0.1) is 0 Å². The third kappa shape index (κ3) is 2.21. The monoisotopic (exact) mass is 226 g/mol. The zero-order chi connectivity index (χ0) is 10.9. The van der Waals surface area contributed by atoms with Gasteiger partial charge in [-0.25, -0.2) is 4.39 Å². The van der Waals surface area contributed by atoms with Gasteiger partial charge in [-0.05, 0) is 36.6 Å². The molecule has 1 aliphatic rings. The minimum absolute atomic E-state index is 0.197. The molecule has 80 valence electrons. The average molecular weight is 227 g/mol. The Bertz CT molecular complexity index is 379. The van der Waals surface area contributed by atoms with Crippen LogP contribution in [0.1, 0.15) is 18.4 Å². The van der Waals surface area contributed by atoms with Crippen molar-refractivity contribution in [1.82, 2.24) is 0 Å². The molecule has 1 saturated carbocycles. The summed E-state index contributed by atoms with van der Waals surface area (Å²) < 4.78 is 13.0. The van der Waals surface area contributed by atoms with Gasteiger partial charge in [-0.1, -0.05) is 23.7 Å². The Morgan fingerprint density at radius 2 is 2.00 bits per heavy atom. The van der Waals surface area contributed by atoms with Crippen molar-refractivity contribution < 1.29 is 9.50 Å². The largest absolute Gasteiger partial charge is 0.389 e. The normalized spacial score (nSPS) is 19.0. The maximum absolute atomic E-state index is 13.0. The number of aliphatic hydroxyl groups excluding tert-OH is 1. The third-order valence-corrected chi connectivity index (χ3v) is 3.04. The molecule has 0 aromatic heterocycles. The summed E-state index contributed by atoms with van der Waals surface area (Å²) in [4.78, 5) is 0. The number of hydrogen-bond donors (Lipinski definition) is 1. The van der Waals surface area contributed by atoms with Crippen molar-refractivity contribution in [2.45, 2.75) is 18.3 Å². The summed E-state index contributed by atoms with van der Waals surface area (Å²) >= 11 is 5.79. The molecule has 1 fully saturated rings. The van der Waals surface area contributed by atoms with Gasteiger partial charge >= 0.3 is 0 Å². The molecule has 0 bridgehead atoms. The number of halogens is 2. The fourth-order valence-corrected chi connectivity index (χ4v) is 1.90. The van der Waals surface area contributed by atoms with E-state index in [0.29, 0.717) is 5.02 Å². The van der Waals surface area contributed by atoms with Crippen molar-refractivity contribution in [3.63, 3.8) is 0 Å². The van der Waals surface area contributed by atoms with Gasteiger partial charge in [-0.3, -0.25) is 0 Å². The maximum Gasteiger partial charge on any atom is 0.122 e. The number of benzene rings is 1. The number of hydrogen-bond acceptors (Lipinski definition) is 1. The second-order valence-electron chi connectivity index (χ2n) is 3.91. The van der Waals surface area contributed by atoms with Gasteiger partial charge < -0.3 is 5.11 Å². The molecule has 0 aliphatic heterocycles. The van der Waals surface area contributed by atoms with E-state index in [9.17, 15) is 4.39 Å². The smallest absolute Gasteiger partial charge is 0.122 e. The minimum atomic E-state index is -0.519. The van der Waals surface area contributed by atoms with Gasteiger partial charge in [0.25, 0.3) is 0 Å². The molecular formula is C12H12ClFO. The molecular weight excluding hydrogens is 215 g/mol. The summed E-state index contributed by atoms with van der Waals surface area (Å²) in [6.07, 6.45) is 3.39. The second-order valence-corrected chi connectivity index (χ2v) is 4.35. The molecule has 15 heavy (non-hydrogen) atoms. The number of rotatable bonds is 3. The van der Waals surface area contributed by atoms with Crippen LogP contribution in [0.25, 0.3) is 0 Å². The fourth-order valence-electron chi connectivity index (χ4n) is 1.78. The molecule has 0 amide bonds. The highest BCUT2D eigenvalue weighted by Gasteiger charge is 2.42. The number of allylic oxidation sites excluding steroid dienone is 1. The Morgan fingerprint density at radius 3 is 2.47 bits per heavy atom.